The maximum Gasteiger partial charge on any atom is 0.416 e. The molecule has 140 valence electrons. The lowest BCUT2D eigenvalue weighted by molar-refractivity contribution is -0.139. The van der Waals surface area contributed by atoms with Gasteiger partial charge in [0.2, 0.25) is 5.91 Å². The van der Waals surface area contributed by atoms with E-state index in [0.29, 0.717) is 36.2 Å². The van der Waals surface area contributed by atoms with Crippen molar-refractivity contribution in [3.05, 3.63) is 46.7 Å². The Hall–Kier alpha value is -2.35. The average Bonchev–Trinajstić information content (AvgIpc) is 3.15. The summed E-state index contributed by atoms with van der Waals surface area (Å²) in [6.45, 7) is 3.99. The van der Waals surface area contributed by atoms with Crippen LogP contribution in [0.4, 0.5) is 13.2 Å². The van der Waals surface area contributed by atoms with Gasteiger partial charge in [0.15, 0.2) is 0 Å². The molecule has 2 heterocycles. The molecular weight excluding hydrogens is 349 g/mol. The minimum atomic E-state index is -4.39. The number of nitrogens with zero attached hydrogens (tertiary/aromatic N) is 2. The number of hydrazine groups is 1. The Morgan fingerprint density at radius 1 is 1.27 bits per heavy atom. The summed E-state index contributed by atoms with van der Waals surface area (Å²) >= 11 is 0. The van der Waals surface area contributed by atoms with Gasteiger partial charge in [0, 0.05) is 19.4 Å². The molecule has 0 aliphatic carbocycles. The number of ether oxygens (including phenoxy) is 1. The molecular formula is C18H19F3N2O3. The monoisotopic (exact) mass is 368 g/mol. The van der Waals surface area contributed by atoms with E-state index >= 15 is 0 Å². The lowest BCUT2D eigenvalue weighted by Crippen LogP contribution is -2.33. The summed E-state index contributed by atoms with van der Waals surface area (Å²) in [5.74, 6) is -0.617. The van der Waals surface area contributed by atoms with Gasteiger partial charge in [0.1, 0.15) is 0 Å². The topological polar surface area (TPSA) is 49.9 Å². The van der Waals surface area contributed by atoms with E-state index in [4.69, 9.17) is 4.74 Å². The summed E-state index contributed by atoms with van der Waals surface area (Å²) < 4.78 is 43.3. The van der Waals surface area contributed by atoms with Crippen LogP contribution in [-0.4, -0.2) is 35.0 Å². The fourth-order valence-electron chi connectivity index (χ4n) is 3.39. The number of esters is 1. The summed E-state index contributed by atoms with van der Waals surface area (Å²) in [5.41, 5.74) is 0.855. The molecule has 2 aliphatic heterocycles. The van der Waals surface area contributed by atoms with Crippen LogP contribution < -0.4 is 0 Å². The van der Waals surface area contributed by atoms with Gasteiger partial charge >= 0.3 is 12.1 Å². The van der Waals surface area contributed by atoms with Crippen molar-refractivity contribution in [1.82, 2.24) is 10.0 Å². The van der Waals surface area contributed by atoms with Gasteiger partial charge in [0.05, 0.1) is 29.5 Å². The summed E-state index contributed by atoms with van der Waals surface area (Å²) in [7, 11) is 0. The lowest BCUT2D eigenvalue weighted by atomic mass is 9.99. The minimum Gasteiger partial charge on any atom is -0.463 e. The molecule has 0 N–H and O–H groups in total. The number of carbonyl (C=O) groups excluding carboxylic acids is 2. The highest BCUT2D eigenvalue weighted by atomic mass is 19.4. The van der Waals surface area contributed by atoms with Crippen molar-refractivity contribution in [3.63, 3.8) is 0 Å². The van der Waals surface area contributed by atoms with Gasteiger partial charge in [-0.1, -0.05) is 12.1 Å². The predicted octanol–water partition coefficient (Wildman–Crippen LogP) is 3.44. The van der Waals surface area contributed by atoms with Gasteiger partial charge in [-0.05, 0) is 31.5 Å². The summed E-state index contributed by atoms with van der Waals surface area (Å²) in [4.78, 5) is 24.3. The van der Waals surface area contributed by atoms with E-state index in [1.54, 1.807) is 13.8 Å². The second-order valence-corrected chi connectivity index (χ2v) is 6.25. The van der Waals surface area contributed by atoms with Crippen molar-refractivity contribution in [2.24, 2.45) is 0 Å². The van der Waals surface area contributed by atoms with Crippen LogP contribution >= 0.6 is 0 Å². The molecule has 1 aromatic carbocycles. The zero-order chi connectivity index (χ0) is 19.1. The maximum absolute atomic E-state index is 12.8. The van der Waals surface area contributed by atoms with Crippen LogP contribution in [0.2, 0.25) is 0 Å². The molecule has 0 bridgehead atoms. The molecule has 1 unspecified atom stereocenters. The molecule has 1 atom stereocenters. The molecule has 8 heteroatoms. The van der Waals surface area contributed by atoms with Crippen molar-refractivity contribution in [1.29, 1.82) is 0 Å². The van der Waals surface area contributed by atoms with Crippen molar-refractivity contribution in [3.8, 4) is 0 Å². The van der Waals surface area contributed by atoms with E-state index in [0.717, 1.165) is 12.1 Å². The third-order valence-corrected chi connectivity index (χ3v) is 4.69. The van der Waals surface area contributed by atoms with Crippen LogP contribution in [0.1, 0.15) is 43.9 Å². The summed E-state index contributed by atoms with van der Waals surface area (Å²) in [6.07, 6.45) is -3.73. The first-order valence-electron chi connectivity index (χ1n) is 8.37. The highest BCUT2D eigenvalue weighted by Gasteiger charge is 2.45. The van der Waals surface area contributed by atoms with E-state index in [2.05, 4.69) is 0 Å². The number of alkyl halides is 3. The quantitative estimate of drug-likeness (QED) is 0.606. The first-order chi connectivity index (χ1) is 12.2. The normalized spacial score (nSPS) is 22.6. The Balaban J connectivity index is 1.94. The van der Waals surface area contributed by atoms with E-state index in [9.17, 15) is 22.8 Å². The van der Waals surface area contributed by atoms with Crippen LogP contribution in [0.25, 0.3) is 0 Å². The molecule has 3 rings (SSSR count). The van der Waals surface area contributed by atoms with Crippen LogP contribution in [0.5, 0.6) is 0 Å². The third-order valence-electron chi connectivity index (χ3n) is 4.69. The van der Waals surface area contributed by atoms with Gasteiger partial charge < -0.3 is 4.74 Å². The summed E-state index contributed by atoms with van der Waals surface area (Å²) in [5, 5.41) is 3.29. The smallest absolute Gasteiger partial charge is 0.416 e. The SMILES string of the molecule is CCOC(=O)/C(C)=C1\CC(c2ccc(C(F)(F)F)cc2)N2CCC(=O)N12. The van der Waals surface area contributed by atoms with Crippen LogP contribution in [0.3, 0.4) is 0 Å². The van der Waals surface area contributed by atoms with Gasteiger partial charge in [-0.2, -0.15) is 13.2 Å². The first-order valence-corrected chi connectivity index (χ1v) is 8.37. The Kier molecular flexibility index (Phi) is 4.79. The third kappa shape index (κ3) is 3.21. The van der Waals surface area contributed by atoms with E-state index in [-0.39, 0.29) is 18.6 Å². The van der Waals surface area contributed by atoms with Gasteiger partial charge in [-0.25, -0.2) is 14.8 Å². The van der Waals surface area contributed by atoms with E-state index in [1.807, 2.05) is 5.01 Å². The van der Waals surface area contributed by atoms with E-state index < -0.39 is 17.7 Å². The van der Waals surface area contributed by atoms with Crippen molar-refractivity contribution < 1.29 is 27.5 Å². The van der Waals surface area contributed by atoms with Crippen LogP contribution in [0.15, 0.2) is 35.5 Å². The second kappa shape index (κ2) is 6.75. The molecule has 2 saturated heterocycles. The zero-order valence-corrected chi connectivity index (χ0v) is 14.5. The number of halogens is 3. The molecule has 0 aromatic heterocycles. The molecule has 0 radical (unpaired) electrons. The van der Waals surface area contributed by atoms with Gasteiger partial charge in [0.25, 0.3) is 0 Å². The maximum atomic E-state index is 12.8. The number of hydrogen-bond donors (Lipinski definition) is 0. The van der Waals surface area contributed by atoms with E-state index in [1.165, 1.54) is 17.1 Å². The number of amides is 1. The lowest BCUT2D eigenvalue weighted by Gasteiger charge is -2.25. The van der Waals surface area contributed by atoms with Crippen molar-refractivity contribution in [2.75, 3.05) is 13.2 Å². The fraction of sp³-hybridized carbons (Fsp3) is 0.444. The molecule has 0 spiro atoms. The molecule has 5 nitrogen and oxygen atoms in total. The van der Waals surface area contributed by atoms with Crippen LogP contribution in [-0.2, 0) is 20.5 Å². The molecule has 1 amide bonds. The number of hydrogen-bond acceptors (Lipinski definition) is 4. The van der Waals surface area contributed by atoms with Crippen LogP contribution in [0, 0.1) is 0 Å². The highest BCUT2D eigenvalue weighted by molar-refractivity contribution is 5.90. The Morgan fingerprint density at radius 3 is 2.50 bits per heavy atom. The molecule has 1 aromatic rings. The number of carbonyl (C=O) groups is 2. The largest absolute Gasteiger partial charge is 0.463 e. The van der Waals surface area contributed by atoms with Crippen molar-refractivity contribution >= 4 is 11.9 Å². The summed E-state index contributed by atoms with van der Waals surface area (Å²) in [6, 6.07) is 4.64. The van der Waals surface area contributed by atoms with Gasteiger partial charge in [-0.3, -0.25) is 4.79 Å². The number of fused-ring (bicyclic) bond motifs is 1. The Labute approximate surface area is 149 Å². The Bertz CT molecular complexity index is 756. The number of rotatable bonds is 3. The molecule has 2 aliphatic rings. The number of benzene rings is 1. The second-order valence-electron chi connectivity index (χ2n) is 6.25. The highest BCUT2D eigenvalue weighted by Crippen LogP contribution is 2.43. The average molecular weight is 368 g/mol. The molecule has 26 heavy (non-hydrogen) atoms. The van der Waals surface area contributed by atoms with Gasteiger partial charge in [-0.15, -0.1) is 0 Å². The molecule has 0 saturated carbocycles. The predicted molar refractivity (Wildman–Crippen MR) is 86.3 cm³/mol. The minimum absolute atomic E-state index is 0.127. The fourth-order valence-corrected chi connectivity index (χ4v) is 3.39. The zero-order valence-electron chi connectivity index (χ0n) is 14.5. The Morgan fingerprint density at radius 2 is 1.92 bits per heavy atom. The molecule has 2 fully saturated rings. The first kappa shape index (κ1) is 18.4. The standard InChI is InChI=1S/C18H19F3N2O3/c1-3-26-17(25)11(2)14-10-15(22-9-8-16(24)23(14)22)12-4-6-13(7-5-12)18(19,20)21/h4-7,15H,3,8-10H2,1-2H3/b14-11+. The van der Waals surface area contributed by atoms with Crippen molar-refractivity contribution in [2.45, 2.75) is 38.9 Å².